The highest BCUT2D eigenvalue weighted by Gasteiger charge is 2.37. The van der Waals surface area contributed by atoms with Crippen LogP contribution in [0.4, 0.5) is 0 Å². The van der Waals surface area contributed by atoms with Crippen molar-refractivity contribution in [2.75, 3.05) is 13.2 Å². The number of rotatable bonds is 3. The first-order valence-electron chi connectivity index (χ1n) is 8.93. The second-order valence-corrected chi connectivity index (χ2v) is 6.53. The van der Waals surface area contributed by atoms with Crippen LogP contribution in [-0.2, 0) is 4.74 Å². The van der Waals surface area contributed by atoms with Gasteiger partial charge < -0.3 is 14.4 Å². The molecule has 0 N–H and O–H groups in total. The first kappa shape index (κ1) is 16.1. The van der Waals surface area contributed by atoms with Crippen molar-refractivity contribution >= 4 is 5.91 Å². The quantitative estimate of drug-likeness (QED) is 0.857. The Bertz CT molecular complexity index is 733. The summed E-state index contributed by atoms with van der Waals surface area (Å²) in [6.45, 7) is 1.22. The molecule has 2 aromatic rings. The van der Waals surface area contributed by atoms with E-state index >= 15 is 0 Å². The van der Waals surface area contributed by atoms with Crippen molar-refractivity contribution in [3.05, 3.63) is 54.2 Å². The second kappa shape index (κ2) is 7.23. The molecule has 5 nitrogen and oxygen atoms in total. The number of carbonyl (C=O) groups is 1. The molecule has 2 aliphatic rings. The predicted octanol–water partition coefficient (Wildman–Crippen LogP) is 3.66. The number of carbonyl (C=O) groups excluding carboxylic acids is 1. The number of ether oxygens (including phenoxy) is 2. The van der Waals surface area contributed by atoms with Gasteiger partial charge in [0.25, 0.3) is 5.91 Å². The smallest absolute Gasteiger partial charge is 0.259 e. The molecule has 1 aromatic heterocycles. The van der Waals surface area contributed by atoms with Crippen molar-refractivity contribution in [2.45, 2.75) is 37.8 Å². The zero-order valence-electron chi connectivity index (χ0n) is 14.1. The molecule has 1 aliphatic heterocycles. The maximum absolute atomic E-state index is 13.2. The Balaban J connectivity index is 1.59. The molecule has 130 valence electrons. The topological polar surface area (TPSA) is 51.7 Å². The van der Waals surface area contributed by atoms with E-state index in [2.05, 4.69) is 4.98 Å². The third-order valence-electron chi connectivity index (χ3n) is 4.95. The van der Waals surface area contributed by atoms with Gasteiger partial charge in [0.05, 0.1) is 18.8 Å². The van der Waals surface area contributed by atoms with Crippen LogP contribution in [0.5, 0.6) is 11.6 Å². The molecule has 0 spiro atoms. The Kier molecular flexibility index (Phi) is 4.65. The van der Waals surface area contributed by atoms with Gasteiger partial charge in [-0.05, 0) is 37.1 Å². The van der Waals surface area contributed by atoms with Gasteiger partial charge in [-0.2, -0.15) is 0 Å². The minimum atomic E-state index is -0.0146. The summed E-state index contributed by atoms with van der Waals surface area (Å²) in [6, 6.07) is 13.2. The fraction of sp³-hybridized carbons (Fsp3) is 0.400. The number of fused-ring (bicyclic) bond motifs is 1. The minimum absolute atomic E-state index is 0.0146. The number of hydrogen-bond donors (Lipinski definition) is 0. The third-order valence-corrected chi connectivity index (χ3v) is 4.95. The van der Waals surface area contributed by atoms with E-state index in [9.17, 15) is 4.79 Å². The van der Waals surface area contributed by atoms with Crippen molar-refractivity contribution < 1.29 is 14.3 Å². The van der Waals surface area contributed by atoms with Crippen LogP contribution in [0.15, 0.2) is 48.7 Å². The lowest BCUT2D eigenvalue weighted by Crippen LogP contribution is -2.54. The lowest BCUT2D eigenvalue weighted by atomic mass is 9.90. The maximum atomic E-state index is 13.2. The third kappa shape index (κ3) is 3.37. The summed E-state index contributed by atoms with van der Waals surface area (Å²) in [5.41, 5.74) is 0.512. The lowest BCUT2D eigenvalue weighted by Gasteiger charge is -2.43. The molecule has 0 unspecified atom stereocenters. The van der Waals surface area contributed by atoms with Crippen molar-refractivity contribution in [1.29, 1.82) is 0 Å². The van der Waals surface area contributed by atoms with Crippen LogP contribution in [0.3, 0.4) is 0 Å². The van der Waals surface area contributed by atoms with Crippen molar-refractivity contribution in [3.63, 3.8) is 0 Å². The first-order valence-corrected chi connectivity index (χ1v) is 8.93. The Hall–Kier alpha value is -2.40. The summed E-state index contributed by atoms with van der Waals surface area (Å²) in [5, 5.41) is 0. The fourth-order valence-electron chi connectivity index (χ4n) is 3.74. The number of morpholine rings is 1. The molecule has 0 bridgehead atoms. The summed E-state index contributed by atoms with van der Waals surface area (Å²) in [4.78, 5) is 19.5. The zero-order chi connectivity index (χ0) is 17.1. The number of amides is 1. The molecule has 4 rings (SSSR count). The summed E-state index contributed by atoms with van der Waals surface area (Å²) in [7, 11) is 0. The van der Waals surface area contributed by atoms with Crippen LogP contribution in [0.2, 0.25) is 0 Å². The number of nitrogens with zero attached hydrogens (tertiary/aromatic N) is 2. The van der Waals surface area contributed by atoms with Gasteiger partial charge in [0.15, 0.2) is 0 Å². The molecular weight excluding hydrogens is 316 g/mol. The molecule has 2 atom stereocenters. The van der Waals surface area contributed by atoms with E-state index in [4.69, 9.17) is 9.47 Å². The zero-order valence-corrected chi connectivity index (χ0v) is 14.1. The molecule has 1 saturated heterocycles. The van der Waals surface area contributed by atoms with E-state index in [1.54, 1.807) is 18.3 Å². The van der Waals surface area contributed by atoms with Gasteiger partial charge in [-0.1, -0.05) is 31.0 Å². The Morgan fingerprint density at radius 2 is 1.96 bits per heavy atom. The average Bonchev–Trinajstić information content (AvgIpc) is 2.68. The molecule has 1 aromatic carbocycles. The van der Waals surface area contributed by atoms with Crippen LogP contribution < -0.4 is 4.74 Å². The summed E-state index contributed by atoms with van der Waals surface area (Å²) in [5.74, 6) is 1.02. The fourth-order valence-corrected chi connectivity index (χ4v) is 3.74. The van der Waals surface area contributed by atoms with Crippen LogP contribution in [0.1, 0.15) is 36.0 Å². The van der Waals surface area contributed by atoms with Crippen LogP contribution in [-0.4, -0.2) is 41.1 Å². The van der Waals surface area contributed by atoms with Gasteiger partial charge in [-0.3, -0.25) is 4.79 Å². The Labute approximate surface area is 147 Å². The van der Waals surface area contributed by atoms with Crippen LogP contribution in [0, 0.1) is 0 Å². The van der Waals surface area contributed by atoms with E-state index in [-0.39, 0.29) is 18.1 Å². The van der Waals surface area contributed by atoms with Crippen molar-refractivity contribution in [1.82, 2.24) is 9.88 Å². The molecule has 25 heavy (non-hydrogen) atoms. The molecule has 2 fully saturated rings. The van der Waals surface area contributed by atoms with E-state index in [1.807, 2.05) is 35.2 Å². The lowest BCUT2D eigenvalue weighted by molar-refractivity contribution is -0.0753. The van der Waals surface area contributed by atoms with Gasteiger partial charge in [-0.25, -0.2) is 4.98 Å². The van der Waals surface area contributed by atoms with Crippen LogP contribution >= 0.6 is 0 Å². The van der Waals surface area contributed by atoms with E-state index in [0.29, 0.717) is 30.3 Å². The highest BCUT2D eigenvalue weighted by atomic mass is 16.5. The molecule has 1 amide bonds. The highest BCUT2D eigenvalue weighted by molar-refractivity contribution is 5.96. The first-order chi connectivity index (χ1) is 12.3. The molecule has 1 aliphatic carbocycles. The van der Waals surface area contributed by atoms with Gasteiger partial charge in [0.2, 0.25) is 5.88 Å². The van der Waals surface area contributed by atoms with Gasteiger partial charge in [-0.15, -0.1) is 0 Å². The minimum Gasteiger partial charge on any atom is -0.438 e. The standard InChI is InChI=1S/C20H22N2O3/c23-20(22-13-14-24-18-11-5-4-10-17(18)22)16-9-6-12-21-19(16)25-15-7-2-1-3-8-15/h1-3,6-9,12,17-18H,4-5,10-11,13-14H2/t17-,18-/m1/s1. The molecule has 5 heteroatoms. The molecule has 2 heterocycles. The second-order valence-electron chi connectivity index (χ2n) is 6.53. The number of pyridine rings is 1. The van der Waals surface area contributed by atoms with Crippen molar-refractivity contribution in [3.8, 4) is 11.6 Å². The van der Waals surface area contributed by atoms with E-state index in [1.165, 1.54) is 6.42 Å². The Morgan fingerprint density at radius 1 is 1.12 bits per heavy atom. The molecule has 0 radical (unpaired) electrons. The Morgan fingerprint density at radius 3 is 2.84 bits per heavy atom. The number of aromatic nitrogens is 1. The average molecular weight is 338 g/mol. The van der Waals surface area contributed by atoms with Gasteiger partial charge in [0.1, 0.15) is 11.3 Å². The predicted molar refractivity (Wildman–Crippen MR) is 93.8 cm³/mol. The van der Waals surface area contributed by atoms with Crippen molar-refractivity contribution in [2.24, 2.45) is 0 Å². The maximum Gasteiger partial charge on any atom is 0.259 e. The van der Waals surface area contributed by atoms with E-state index < -0.39 is 0 Å². The largest absolute Gasteiger partial charge is 0.438 e. The molecular formula is C20H22N2O3. The van der Waals surface area contributed by atoms with Gasteiger partial charge in [0, 0.05) is 12.7 Å². The number of benzene rings is 1. The number of hydrogen-bond acceptors (Lipinski definition) is 4. The van der Waals surface area contributed by atoms with E-state index in [0.717, 1.165) is 19.3 Å². The van der Waals surface area contributed by atoms with Crippen LogP contribution in [0.25, 0.3) is 0 Å². The highest BCUT2D eigenvalue weighted by Crippen LogP contribution is 2.31. The monoisotopic (exact) mass is 338 g/mol. The normalized spacial score (nSPS) is 23.0. The summed E-state index contributed by atoms with van der Waals surface area (Å²) >= 11 is 0. The van der Waals surface area contributed by atoms with Gasteiger partial charge >= 0.3 is 0 Å². The summed E-state index contributed by atoms with van der Waals surface area (Å²) in [6.07, 6.45) is 6.19. The molecule has 1 saturated carbocycles. The number of para-hydroxylation sites is 1. The SMILES string of the molecule is O=C(c1cccnc1Oc1ccccc1)N1CCO[C@@H]2CCCC[C@H]21. The summed E-state index contributed by atoms with van der Waals surface area (Å²) < 4.78 is 11.8.